The second-order valence-corrected chi connectivity index (χ2v) is 7.53. The van der Waals surface area contributed by atoms with Crippen molar-refractivity contribution in [3.05, 3.63) is 69.9 Å². The minimum Gasteiger partial charge on any atom is -0.324 e. The fourth-order valence-corrected chi connectivity index (χ4v) is 3.63. The number of carbonyl (C=O) groups excluding carboxylic acids is 2. The predicted octanol–water partition coefficient (Wildman–Crippen LogP) is 2.92. The van der Waals surface area contributed by atoms with E-state index in [-0.39, 0.29) is 30.5 Å². The summed E-state index contributed by atoms with van der Waals surface area (Å²) in [6, 6.07) is 8.55. The van der Waals surface area contributed by atoms with Crippen molar-refractivity contribution in [3.63, 3.8) is 0 Å². The third-order valence-electron chi connectivity index (χ3n) is 5.18. The summed E-state index contributed by atoms with van der Waals surface area (Å²) in [5, 5.41) is 18.1. The molecule has 0 saturated carbocycles. The number of nitro benzene ring substituents is 1. The van der Waals surface area contributed by atoms with E-state index in [9.17, 15) is 24.1 Å². The van der Waals surface area contributed by atoms with Gasteiger partial charge in [0.2, 0.25) is 17.6 Å². The molecule has 1 aliphatic rings. The van der Waals surface area contributed by atoms with Crippen molar-refractivity contribution in [2.75, 3.05) is 16.8 Å². The molecule has 0 bridgehead atoms. The second-order valence-electron chi connectivity index (χ2n) is 7.53. The highest BCUT2D eigenvalue weighted by Gasteiger charge is 2.36. The van der Waals surface area contributed by atoms with E-state index < -0.39 is 22.3 Å². The number of halogens is 1. The van der Waals surface area contributed by atoms with Crippen LogP contribution in [-0.4, -0.2) is 38.0 Å². The molecular formula is C21H19FN6O4. The normalized spacial score (nSPS) is 15.8. The Labute approximate surface area is 181 Å². The zero-order chi connectivity index (χ0) is 23.0. The molecule has 1 saturated heterocycles. The molecule has 164 valence electrons. The molecule has 10 nitrogen and oxygen atoms in total. The molecule has 1 atom stereocenters. The largest absolute Gasteiger partial charge is 0.324 e. The molecule has 32 heavy (non-hydrogen) atoms. The van der Waals surface area contributed by atoms with Crippen LogP contribution in [0.2, 0.25) is 0 Å². The van der Waals surface area contributed by atoms with Gasteiger partial charge >= 0.3 is 5.69 Å². The molecule has 11 heteroatoms. The maximum absolute atomic E-state index is 13.6. The Morgan fingerprint density at radius 3 is 2.66 bits per heavy atom. The van der Waals surface area contributed by atoms with Gasteiger partial charge in [-0.15, -0.1) is 0 Å². The van der Waals surface area contributed by atoms with Gasteiger partial charge in [0, 0.05) is 24.7 Å². The van der Waals surface area contributed by atoms with E-state index in [0.717, 1.165) is 23.5 Å². The minimum atomic E-state index is -0.990. The van der Waals surface area contributed by atoms with Crippen LogP contribution in [-0.2, 0) is 9.59 Å². The molecular weight excluding hydrogens is 419 g/mol. The van der Waals surface area contributed by atoms with E-state index in [1.807, 2.05) is 19.9 Å². The Morgan fingerprint density at radius 1 is 1.25 bits per heavy atom. The Kier molecular flexibility index (Phi) is 5.39. The van der Waals surface area contributed by atoms with Gasteiger partial charge in [-0.3, -0.25) is 19.7 Å². The molecule has 3 heterocycles. The fraction of sp³-hybridized carbons (Fsp3) is 0.238. The summed E-state index contributed by atoms with van der Waals surface area (Å²) in [7, 11) is 0. The van der Waals surface area contributed by atoms with Crippen molar-refractivity contribution in [2.45, 2.75) is 20.3 Å². The van der Waals surface area contributed by atoms with Crippen molar-refractivity contribution in [1.82, 2.24) is 14.8 Å². The maximum Gasteiger partial charge on any atom is 0.306 e. The number of hydrogen-bond donors (Lipinski definition) is 1. The van der Waals surface area contributed by atoms with Gasteiger partial charge in [0.15, 0.2) is 5.82 Å². The van der Waals surface area contributed by atoms with Crippen molar-refractivity contribution < 1.29 is 18.9 Å². The summed E-state index contributed by atoms with van der Waals surface area (Å²) >= 11 is 0. The van der Waals surface area contributed by atoms with E-state index in [4.69, 9.17) is 0 Å². The third kappa shape index (κ3) is 4.04. The molecule has 2 amide bonds. The number of nitro groups is 1. The number of carbonyl (C=O) groups is 2. The van der Waals surface area contributed by atoms with Gasteiger partial charge in [0.25, 0.3) is 0 Å². The zero-order valence-electron chi connectivity index (χ0n) is 17.3. The first-order chi connectivity index (χ1) is 15.2. The molecule has 3 aromatic rings. The summed E-state index contributed by atoms with van der Waals surface area (Å²) in [6.45, 7) is 3.83. The topological polar surface area (TPSA) is 123 Å². The summed E-state index contributed by atoms with van der Waals surface area (Å²) in [5.41, 5.74) is 1.70. The standard InChI is InChI=1S/C21H19FN6O4/c1-12-7-13(2)27(25-12)19-6-3-15(10-23-19)24-21(30)14-8-20(29)26(11-14)16-4-5-17(22)18(9-16)28(31)32/h3-7,9-10,14H,8,11H2,1-2H3,(H,24,30)/t14-/m0/s1. The van der Waals surface area contributed by atoms with Crippen molar-refractivity contribution in [3.8, 4) is 5.82 Å². The molecule has 1 aromatic carbocycles. The molecule has 0 radical (unpaired) electrons. The molecule has 0 aliphatic carbocycles. The third-order valence-corrected chi connectivity index (χ3v) is 5.18. The van der Waals surface area contributed by atoms with Crippen LogP contribution in [0.25, 0.3) is 5.82 Å². The van der Waals surface area contributed by atoms with Crippen molar-refractivity contribution in [1.29, 1.82) is 0 Å². The van der Waals surface area contributed by atoms with Crippen LogP contribution in [0.4, 0.5) is 21.5 Å². The van der Waals surface area contributed by atoms with Gasteiger partial charge < -0.3 is 10.2 Å². The molecule has 1 aliphatic heterocycles. The SMILES string of the molecule is Cc1cc(C)n(-c2ccc(NC(=O)[C@H]3CC(=O)N(c4ccc(F)c([N+](=O)[O-])c4)C3)cn2)n1. The average Bonchev–Trinajstić information content (AvgIpc) is 3.30. The number of aromatic nitrogens is 3. The number of pyridine rings is 1. The summed E-state index contributed by atoms with van der Waals surface area (Å²) in [4.78, 5) is 40.8. The van der Waals surface area contributed by atoms with Crippen LogP contribution in [0.15, 0.2) is 42.6 Å². The van der Waals surface area contributed by atoms with Crippen LogP contribution in [0.5, 0.6) is 0 Å². The Hall–Kier alpha value is -4.15. The summed E-state index contributed by atoms with van der Waals surface area (Å²) in [6.07, 6.45) is 1.44. The Bertz CT molecular complexity index is 1220. The molecule has 0 unspecified atom stereocenters. The highest BCUT2D eigenvalue weighted by atomic mass is 19.1. The minimum absolute atomic E-state index is 0.0325. The van der Waals surface area contributed by atoms with E-state index >= 15 is 0 Å². The number of rotatable bonds is 5. The van der Waals surface area contributed by atoms with Gasteiger partial charge in [-0.05, 0) is 44.2 Å². The Morgan fingerprint density at radius 2 is 2.03 bits per heavy atom. The number of benzene rings is 1. The van der Waals surface area contributed by atoms with Gasteiger partial charge in [-0.2, -0.15) is 9.49 Å². The second kappa shape index (κ2) is 8.17. The Balaban J connectivity index is 1.45. The fourth-order valence-electron chi connectivity index (χ4n) is 3.63. The first kappa shape index (κ1) is 21.1. The smallest absolute Gasteiger partial charge is 0.306 e. The molecule has 4 rings (SSSR count). The summed E-state index contributed by atoms with van der Waals surface area (Å²) in [5.74, 6) is -1.80. The zero-order valence-corrected chi connectivity index (χ0v) is 17.3. The molecule has 0 spiro atoms. The van der Waals surface area contributed by atoms with Crippen molar-refractivity contribution >= 4 is 28.9 Å². The van der Waals surface area contributed by atoms with Crippen LogP contribution in [0.3, 0.4) is 0 Å². The quantitative estimate of drug-likeness (QED) is 0.483. The highest BCUT2D eigenvalue weighted by molar-refractivity contribution is 6.03. The van der Waals surface area contributed by atoms with E-state index in [1.165, 1.54) is 17.2 Å². The van der Waals surface area contributed by atoms with Crippen LogP contribution >= 0.6 is 0 Å². The monoisotopic (exact) mass is 438 g/mol. The lowest BCUT2D eigenvalue weighted by Crippen LogP contribution is -2.28. The van der Waals surface area contributed by atoms with Gasteiger partial charge in [-0.25, -0.2) is 9.67 Å². The lowest BCUT2D eigenvalue weighted by Gasteiger charge is -2.16. The van der Waals surface area contributed by atoms with E-state index in [1.54, 1.807) is 16.8 Å². The van der Waals surface area contributed by atoms with E-state index in [2.05, 4.69) is 15.4 Å². The first-order valence-electron chi connectivity index (χ1n) is 9.78. The van der Waals surface area contributed by atoms with Gasteiger partial charge in [-0.1, -0.05) is 0 Å². The number of nitrogens with zero attached hydrogens (tertiary/aromatic N) is 5. The van der Waals surface area contributed by atoms with E-state index in [0.29, 0.717) is 11.5 Å². The first-order valence-corrected chi connectivity index (χ1v) is 9.78. The number of amides is 2. The van der Waals surface area contributed by atoms with Gasteiger partial charge in [0.1, 0.15) is 0 Å². The van der Waals surface area contributed by atoms with Crippen LogP contribution < -0.4 is 10.2 Å². The lowest BCUT2D eigenvalue weighted by atomic mass is 10.1. The number of nitrogens with one attached hydrogen (secondary N) is 1. The van der Waals surface area contributed by atoms with Crippen LogP contribution in [0, 0.1) is 35.7 Å². The van der Waals surface area contributed by atoms with Crippen LogP contribution in [0.1, 0.15) is 17.8 Å². The van der Waals surface area contributed by atoms with Gasteiger partial charge in [0.05, 0.1) is 34.1 Å². The predicted molar refractivity (Wildman–Crippen MR) is 113 cm³/mol. The highest BCUT2D eigenvalue weighted by Crippen LogP contribution is 2.30. The van der Waals surface area contributed by atoms with Crippen molar-refractivity contribution in [2.24, 2.45) is 5.92 Å². The summed E-state index contributed by atoms with van der Waals surface area (Å²) < 4.78 is 15.3. The lowest BCUT2D eigenvalue weighted by molar-refractivity contribution is -0.387. The molecule has 1 fully saturated rings. The number of anilines is 2. The average molecular weight is 438 g/mol. The number of aryl methyl sites for hydroxylation is 2. The maximum atomic E-state index is 13.6. The molecule has 2 aromatic heterocycles. The molecule has 1 N–H and O–H groups in total. The number of hydrogen-bond acceptors (Lipinski definition) is 6.